The number of nitrogens with one attached hydrogen (secondary N) is 2. The van der Waals surface area contributed by atoms with Crippen LogP contribution in [0.2, 0.25) is 0 Å². The molecule has 0 unspecified atom stereocenters. The topological polar surface area (TPSA) is 188 Å². The van der Waals surface area contributed by atoms with Gasteiger partial charge in [0, 0.05) is 34.4 Å². The van der Waals surface area contributed by atoms with Crippen LogP contribution in [0.1, 0.15) is 19.4 Å². The number of rotatable bonds is 6. The summed E-state index contributed by atoms with van der Waals surface area (Å²) in [6, 6.07) is 9.04. The largest absolute Gasteiger partial charge is 0.382 e. The van der Waals surface area contributed by atoms with E-state index in [-0.39, 0.29) is 21.5 Å². The molecule has 13 heteroatoms. The monoisotopic (exact) mass is 494 g/mol. The smallest absolute Gasteiger partial charge is 0.239 e. The van der Waals surface area contributed by atoms with Gasteiger partial charge in [0.1, 0.15) is 4.90 Å². The third kappa shape index (κ3) is 4.82. The first kappa shape index (κ1) is 24.2. The maximum Gasteiger partial charge on any atom is 0.239 e. The number of thiazole rings is 1. The number of nitrogen functional groups attached to an aromatic ring is 1. The van der Waals surface area contributed by atoms with Gasteiger partial charge in [0.05, 0.1) is 10.2 Å². The molecular weight excluding hydrogens is 468 g/mol. The molecule has 1 aromatic heterocycles. The zero-order valence-electron chi connectivity index (χ0n) is 17.6. The molecule has 2 aromatic carbocycles. The Morgan fingerprint density at radius 3 is 2.56 bits per heavy atom. The van der Waals surface area contributed by atoms with E-state index in [1.807, 2.05) is 38.1 Å². The van der Waals surface area contributed by atoms with Gasteiger partial charge in [0.15, 0.2) is 11.0 Å². The van der Waals surface area contributed by atoms with Crippen molar-refractivity contribution in [1.29, 1.82) is 0 Å². The molecule has 1 fully saturated rings. The Labute approximate surface area is 194 Å². The summed E-state index contributed by atoms with van der Waals surface area (Å²) in [4.78, 5) is 4.73. The van der Waals surface area contributed by atoms with Crippen molar-refractivity contribution < 1.29 is 8.42 Å². The van der Waals surface area contributed by atoms with Gasteiger partial charge in [-0.05, 0) is 17.7 Å². The molecule has 0 atom stereocenters. The SMILES string of the molecule is CC.NN/N=C(\N)c1c(-c2cccc3nc(N)sc23)ccc(SC2CNC2)c1S(N)(=O)=O. The molecule has 0 bridgehead atoms. The van der Waals surface area contributed by atoms with Crippen LogP contribution in [-0.4, -0.2) is 37.6 Å². The van der Waals surface area contributed by atoms with Crippen LogP contribution in [0.5, 0.6) is 0 Å². The van der Waals surface area contributed by atoms with Crippen molar-refractivity contribution >= 4 is 54.3 Å². The highest BCUT2D eigenvalue weighted by atomic mass is 32.2. The first-order chi connectivity index (χ1) is 15.3. The highest BCUT2D eigenvalue weighted by molar-refractivity contribution is 8.00. The van der Waals surface area contributed by atoms with Crippen molar-refractivity contribution in [2.75, 3.05) is 18.8 Å². The Morgan fingerprint density at radius 2 is 1.97 bits per heavy atom. The molecule has 0 spiro atoms. The molecule has 0 amide bonds. The van der Waals surface area contributed by atoms with E-state index in [4.69, 9.17) is 22.4 Å². The second-order valence-corrected chi connectivity index (χ2v) is 10.5. The minimum atomic E-state index is -4.14. The van der Waals surface area contributed by atoms with Crippen LogP contribution in [0.15, 0.2) is 45.2 Å². The highest BCUT2D eigenvalue weighted by Gasteiger charge is 2.29. The fourth-order valence-corrected chi connectivity index (χ4v) is 6.56. The number of hydrazine groups is 1. The van der Waals surface area contributed by atoms with Gasteiger partial charge in [-0.15, -0.1) is 16.9 Å². The molecule has 0 aliphatic carbocycles. The van der Waals surface area contributed by atoms with E-state index >= 15 is 0 Å². The number of anilines is 1. The highest BCUT2D eigenvalue weighted by Crippen LogP contribution is 2.41. The summed E-state index contributed by atoms with van der Waals surface area (Å²) in [6.07, 6.45) is 0. The third-order valence-electron chi connectivity index (χ3n) is 4.61. The number of aromatic nitrogens is 1. The summed E-state index contributed by atoms with van der Waals surface area (Å²) >= 11 is 2.73. The van der Waals surface area contributed by atoms with E-state index in [9.17, 15) is 8.42 Å². The van der Waals surface area contributed by atoms with E-state index in [2.05, 4.69) is 20.9 Å². The quantitative estimate of drug-likeness (QED) is 0.127. The van der Waals surface area contributed by atoms with Crippen molar-refractivity contribution in [3.8, 4) is 11.1 Å². The van der Waals surface area contributed by atoms with Crippen LogP contribution in [0, 0.1) is 0 Å². The number of sulfonamides is 1. The molecular formula is C19H26N8O2S3. The number of hydrazone groups is 1. The third-order valence-corrected chi connectivity index (χ3v) is 7.92. The number of benzene rings is 2. The number of nitrogens with two attached hydrogens (primary N) is 4. The van der Waals surface area contributed by atoms with Crippen molar-refractivity contribution in [1.82, 2.24) is 15.8 Å². The number of thioether (sulfide) groups is 1. The standard InChI is InChI=1S/C17H20N8O2S3.C2H6/c18-16(24-25-20)13-9(10-2-1-3-11-14(10)29-17(19)23-11)4-5-12(15(13)30(21,26)27)28-8-6-22-7-8;1-2/h1-5,8,22,25H,6-7,20H2,(H2,18,24)(H2,19,23)(H2,21,26,27);1-2H3. The maximum atomic E-state index is 12.7. The average molecular weight is 495 g/mol. The second kappa shape index (κ2) is 10.0. The van der Waals surface area contributed by atoms with Crippen LogP contribution in [-0.2, 0) is 10.0 Å². The molecule has 10 nitrogen and oxygen atoms in total. The van der Waals surface area contributed by atoms with Gasteiger partial charge in [-0.3, -0.25) is 0 Å². The number of nitrogens with zero attached hydrogens (tertiary/aromatic N) is 2. The fourth-order valence-electron chi connectivity index (χ4n) is 3.25. The number of amidine groups is 1. The zero-order chi connectivity index (χ0) is 23.5. The zero-order valence-corrected chi connectivity index (χ0v) is 20.1. The van der Waals surface area contributed by atoms with Crippen molar-refractivity contribution in [3.05, 3.63) is 35.9 Å². The van der Waals surface area contributed by atoms with E-state index in [0.717, 1.165) is 23.4 Å². The van der Waals surface area contributed by atoms with E-state index in [0.29, 0.717) is 21.1 Å². The lowest BCUT2D eigenvalue weighted by Crippen LogP contribution is -2.44. The van der Waals surface area contributed by atoms with Gasteiger partial charge in [-0.25, -0.2) is 29.9 Å². The number of fused-ring (bicyclic) bond motifs is 1. The summed E-state index contributed by atoms with van der Waals surface area (Å²) in [5.41, 5.74) is 16.3. The van der Waals surface area contributed by atoms with Crippen LogP contribution >= 0.6 is 23.1 Å². The molecule has 1 saturated heterocycles. The predicted octanol–water partition coefficient (Wildman–Crippen LogP) is 1.37. The summed E-state index contributed by atoms with van der Waals surface area (Å²) in [7, 11) is -4.14. The lowest BCUT2D eigenvalue weighted by Gasteiger charge is -2.27. The lowest BCUT2D eigenvalue weighted by molar-refractivity contribution is 0.543. The molecule has 172 valence electrons. The summed E-state index contributed by atoms with van der Waals surface area (Å²) in [5.74, 6) is 5.22. The molecule has 0 saturated carbocycles. The Morgan fingerprint density at radius 1 is 1.25 bits per heavy atom. The van der Waals surface area contributed by atoms with Gasteiger partial charge in [0.25, 0.3) is 0 Å². The van der Waals surface area contributed by atoms with Gasteiger partial charge in [-0.1, -0.05) is 43.4 Å². The van der Waals surface area contributed by atoms with Crippen molar-refractivity contribution in [3.63, 3.8) is 0 Å². The molecule has 0 radical (unpaired) electrons. The molecule has 1 aliphatic rings. The molecule has 32 heavy (non-hydrogen) atoms. The second-order valence-electron chi connectivity index (χ2n) is 6.59. The normalized spacial score (nSPS) is 14.6. The van der Waals surface area contributed by atoms with Crippen LogP contribution in [0.25, 0.3) is 21.3 Å². The van der Waals surface area contributed by atoms with Gasteiger partial charge < -0.3 is 16.8 Å². The van der Waals surface area contributed by atoms with E-state index in [1.165, 1.54) is 23.1 Å². The average Bonchev–Trinajstić information content (AvgIpc) is 3.11. The summed E-state index contributed by atoms with van der Waals surface area (Å²) < 4.78 is 26.2. The number of hydrogen-bond acceptors (Lipinski definition) is 10. The first-order valence-electron chi connectivity index (χ1n) is 9.81. The molecule has 2 heterocycles. The van der Waals surface area contributed by atoms with Crippen LogP contribution in [0.4, 0.5) is 5.13 Å². The Hall–Kier alpha value is -2.42. The Balaban J connectivity index is 0.00000141. The molecule has 3 aromatic rings. The van der Waals surface area contributed by atoms with E-state index in [1.54, 1.807) is 6.07 Å². The Kier molecular flexibility index (Phi) is 7.59. The van der Waals surface area contributed by atoms with E-state index < -0.39 is 10.0 Å². The summed E-state index contributed by atoms with van der Waals surface area (Å²) in [6.45, 7) is 5.55. The molecule has 1 aliphatic heterocycles. The summed E-state index contributed by atoms with van der Waals surface area (Å²) in [5, 5.41) is 13.3. The first-order valence-corrected chi connectivity index (χ1v) is 13.1. The minimum absolute atomic E-state index is 0.0807. The van der Waals surface area contributed by atoms with Gasteiger partial charge in [-0.2, -0.15) is 0 Å². The number of hydrogen-bond donors (Lipinski definition) is 6. The predicted molar refractivity (Wildman–Crippen MR) is 133 cm³/mol. The molecule has 4 rings (SSSR count). The van der Waals surface area contributed by atoms with Crippen LogP contribution in [0.3, 0.4) is 0 Å². The lowest BCUT2D eigenvalue weighted by atomic mass is 9.98. The Bertz CT molecular complexity index is 1250. The van der Waals surface area contributed by atoms with Crippen molar-refractivity contribution in [2.45, 2.75) is 28.9 Å². The van der Waals surface area contributed by atoms with Gasteiger partial charge >= 0.3 is 0 Å². The number of primary sulfonamides is 1. The molecule has 10 N–H and O–H groups in total. The maximum absolute atomic E-state index is 12.7. The fraction of sp³-hybridized carbons (Fsp3) is 0.263. The minimum Gasteiger partial charge on any atom is -0.382 e. The van der Waals surface area contributed by atoms with Crippen molar-refractivity contribution in [2.24, 2.45) is 21.8 Å². The van der Waals surface area contributed by atoms with Gasteiger partial charge in [0.2, 0.25) is 10.0 Å². The van der Waals surface area contributed by atoms with Crippen LogP contribution < -0.4 is 33.3 Å².